The molecule has 2 aromatic carbocycles. The van der Waals surface area contributed by atoms with E-state index in [9.17, 15) is 0 Å². The highest BCUT2D eigenvalue weighted by Crippen LogP contribution is 2.28. The fraction of sp³-hybridized carbons (Fsp3) is 0.304. The van der Waals surface area contributed by atoms with E-state index < -0.39 is 0 Å². The lowest BCUT2D eigenvalue weighted by Gasteiger charge is -2.13. The molecule has 0 amide bonds. The van der Waals surface area contributed by atoms with Crippen molar-refractivity contribution >= 4 is 29.9 Å². The molecule has 7 nitrogen and oxygen atoms in total. The third-order valence-electron chi connectivity index (χ3n) is 4.50. The van der Waals surface area contributed by atoms with E-state index in [1.165, 1.54) is 5.56 Å². The molecule has 1 aromatic heterocycles. The van der Waals surface area contributed by atoms with Crippen LogP contribution in [0.5, 0.6) is 11.5 Å². The summed E-state index contributed by atoms with van der Waals surface area (Å²) in [5.74, 6) is 2.73. The molecule has 0 aliphatic carbocycles. The van der Waals surface area contributed by atoms with Gasteiger partial charge in [-0.05, 0) is 43.7 Å². The minimum atomic E-state index is 0. The van der Waals surface area contributed by atoms with Crippen molar-refractivity contribution in [2.45, 2.75) is 26.9 Å². The van der Waals surface area contributed by atoms with Gasteiger partial charge in [0.05, 0.1) is 26.0 Å². The maximum Gasteiger partial charge on any atom is 0.226 e. The van der Waals surface area contributed by atoms with Crippen LogP contribution in [0.1, 0.15) is 23.7 Å². The van der Waals surface area contributed by atoms with E-state index in [-0.39, 0.29) is 24.0 Å². The third-order valence-corrected chi connectivity index (χ3v) is 4.50. The predicted octanol–water partition coefficient (Wildman–Crippen LogP) is 4.54. The molecule has 8 heteroatoms. The summed E-state index contributed by atoms with van der Waals surface area (Å²) < 4.78 is 16.6. The monoisotopic (exact) mass is 536 g/mol. The molecule has 0 atom stereocenters. The number of oxazole rings is 1. The summed E-state index contributed by atoms with van der Waals surface area (Å²) in [5.41, 5.74) is 4.02. The molecule has 166 valence electrons. The quantitative estimate of drug-likeness (QED) is 0.250. The van der Waals surface area contributed by atoms with Gasteiger partial charge in [-0.1, -0.05) is 23.8 Å². The number of nitrogens with one attached hydrogen (secondary N) is 2. The molecular formula is C23H29IN4O3. The number of aryl methyl sites for hydroxylation is 1. The van der Waals surface area contributed by atoms with E-state index in [0.717, 1.165) is 28.3 Å². The lowest BCUT2D eigenvalue weighted by Crippen LogP contribution is -2.36. The van der Waals surface area contributed by atoms with E-state index >= 15 is 0 Å². The number of ether oxygens (including phenoxy) is 2. The van der Waals surface area contributed by atoms with Crippen molar-refractivity contribution in [2.75, 3.05) is 20.8 Å². The van der Waals surface area contributed by atoms with Crippen LogP contribution in [0.4, 0.5) is 0 Å². The van der Waals surface area contributed by atoms with Crippen LogP contribution in [0.15, 0.2) is 58.1 Å². The Labute approximate surface area is 200 Å². The molecule has 0 aliphatic rings. The SMILES string of the molecule is CCOc1cc(CNC(=NC)NCc2coc(-c3ccc(C)cc3)n2)ccc1OC.I. The van der Waals surface area contributed by atoms with Gasteiger partial charge in [0.15, 0.2) is 17.5 Å². The summed E-state index contributed by atoms with van der Waals surface area (Å²) in [4.78, 5) is 8.81. The zero-order valence-electron chi connectivity index (χ0n) is 18.3. The van der Waals surface area contributed by atoms with Gasteiger partial charge >= 0.3 is 0 Å². The number of hydrogen-bond donors (Lipinski definition) is 2. The molecule has 0 radical (unpaired) electrons. The van der Waals surface area contributed by atoms with Gasteiger partial charge in [0.25, 0.3) is 0 Å². The summed E-state index contributed by atoms with van der Waals surface area (Å²) in [6.45, 7) is 5.68. The molecule has 0 unspecified atom stereocenters. The second-order valence-corrected chi connectivity index (χ2v) is 6.71. The van der Waals surface area contributed by atoms with Crippen LogP contribution >= 0.6 is 24.0 Å². The van der Waals surface area contributed by atoms with Crippen molar-refractivity contribution in [2.24, 2.45) is 4.99 Å². The molecule has 3 rings (SSSR count). The van der Waals surface area contributed by atoms with Crippen LogP contribution in [0, 0.1) is 6.92 Å². The Morgan fingerprint density at radius 3 is 2.48 bits per heavy atom. The van der Waals surface area contributed by atoms with Crippen molar-refractivity contribution in [1.82, 2.24) is 15.6 Å². The minimum Gasteiger partial charge on any atom is -0.493 e. The van der Waals surface area contributed by atoms with Gasteiger partial charge < -0.3 is 24.5 Å². The summed E-state index contributed by atoms with van der Waals surface area (Å²) in [6.07, 6.45) is 1.66. The number of rotatable bonds is 8. The second-order valence-electron chi connectivity index (χ2n) is 6.71. The molecular weight excluding hydrogens is 507 g/mol. The lowest BCUT2D eigenvalue weighted by molar-refractivity contribution is 0.310. The number of halogens is 1. The van der Waals surface area contributed by atoms with Crippen molar-refractivity contribution in [3.05, 3.63) is 65.5 Å². The first-order valence-corrected chi connectivity index (χ1v) is 9.88. The van der Waals surface area contributed by atoms with Gasteiger partial charge in [-0.15, -0.1) is 24.0 Å². The zero-order chi connectivity index (χ0) is 21.3. The smallest absolute Gasteiger partial charge is 0.226 e. The Morgan fingerprint density at radius 1 is 1.06 bits per heavy atom. The Bertz CT molecular complexity index is 987. The van der Waals surface area contributed by atoms with E-state index in [1.807, 2.05) is 49.4 Å². The zero-order valence-corrected chi connectivity index (χ0v) is 20.6. The molecule has 0 bridgehead atoms. The largest absolute Gasteiger partial charge is 0.493 e. The average Bonchev–Trinajstić information content (AvgIpc) is 3.24. The number of hydrogen-bond acceptors (Lipinski definition) is 5. The number of methoxy groups -OCH3 is 1. The predicted molar refractivity (Wildman–Crippen MR) is 133 cm³/mol. The van der Waals surface area contributed by atoms with Crippen molar-refractivity contribution in [3.8, 4) is 23.0 Å². The molecule has 0 aliphatic heterocycles. The van der Waals surface area contributed by atoms with Crippen LogP contribution in [0.25, 0.3) is 11.5 Å². The highest BCUT2D eigenvalue weighted by molar-refractivity contribution is 14.0. The van der Waals surface area contributed by atoms with Gasteiger partial charge in [0.2, 0.25) is 5.89 Å². The van der Waals surface area contributed by atoms with Crippen molar-refractivity contribution in [3.63, 3.8) is 0 Å². The summed E-state index contributed by atoms with van der Waals surface area (Å²) in [7, 11) is 3.37. The standard InChI is InChI=1S/C23H28N4O3.HI/c1-5-29-21-12-17(8-11-20(21)28-4)13-25-23(24-3)26-14-19-15-30-22(27-19)18-9-6-16(2)7-10-18;/h6-12,15H,5,13-14H2,1-4H3,(H2,24,25,26);1H. The molecule has 1 heterocycles. The maximum absolute atomic E-state index is 5.63. The first-order valence-electron chi connectivity index (χ1n) is 9.88. The maximum atomic E-state index is 5.63. The molecule has 0 saturated heterocycles. The van der Waals surface area contributed by atoms with Gasteiger partial charge in [-0.3, -0.25) is 4.99 Å². The first-order chi connectivity index (χ1) is 14.6. The second kappa shape index (κ2) is 12.2. The Balaban J connectivity index is 0.00000341. The highest BCUT2D eigenvalue weighted by atomic mass is 127. The van der Waals surface area contributed by atoms with Gasteiger partial charge in [0.1, 0.15) is 6.26 Å². The fourth-order valence-electron chi connectivity index (χ4n) is 2.90. The van der Waals surface area contributed by atoms with Crippen LogP contribution in [-0.2, 0) is 13.1 Å². The van der Waals surface area contributed by atoms with Crippen LogP contribution < -0.4 is 20.1 Å². The number of aliphatic imine (C=N–C) groups is 1. The highest BCUT2D eigenvalue weighted by Gasteiger charge is 2.09. The normalized spacial score (nSPS) is 10.9. The summed E-state index contributed by atoms with van der Waals surface area (Å²) in [5, 5.41) is 6.54. The number of nitrogens with zero attached hydrogens (tertiary/aromatic N) is 2. The van der Waals surface area contributed by atoms with Crippen molar-refractivity contribution < 1.29 is 13.9 Å². The lowest BCUT2D eigenvalue weighted by atomic mass is 10.1. The summed E-state index contributed by atoms with van der Waals surface area (Å²) in [6, 6.07) is 14.0. The number of aromatic nitrogens is 1. The number of guanidine groups is 1. The first kappa shape index (κ1) is 24.5. The van der Waals surface area contributed by atoms with Gasteiger partial charge in [-0.2, -0.15) is 0 Å². The molecule has 2 N–H and O–H groups in total. The summed E-state index contributed by atoms with van der Waals surface area (Å²) >= 11 is 0. The Kier molecular flexibility index (Phi) is 9.64. The van der Waals surface area contributed by atoms with Crippen molar-refractivity contribution in [1.29, 1.82) is 0 Å². The average molecular weight is 536 g/mol. The van der Waals surface area contributed by atoms with E-state index in [0.29, 0.717) is 31.5 Å². The molecule has 31 heavy (non-hydrogen) atoms. The molecule has 0 saturated carbocycles. The van der Waals surface area contributed by atoms with Crippen LogP contribution in [0.3, 0.4) is 0 Å². The van der Waals surface area contributed by atoms with Crippen LogP contribution in [-0.4, -0.2) is 31.7 Å². The Hall–Kier alpha value is -2.75. The third kappa shape index (κ3) is 6.88. The van der Waals surface area contributed by atoms with E-state index in [2.05, 4.69) is 27.5 Å². The molecule has 3 aromatic rings. The molecule has 0 spiro atoms. The fourth-order valence-corrected chi connectivity index (χ4v) is 2.90. The Morgan fingerprint density at radius 2 is 1.81 bits per heavy atom. The topological polar surface area (TPSA) is 80.9 Å². The van der Waals surface area contributed by atoms with Crippen LogP contribution in [0.2, 0.25) is 0 Å². The minimum absolute atomic E-state index is 0. The van der Waals surface area contributed by atoms with E-state index in [1.54, 1.807) is 20.4 Å². The molecule has 0 fully saturated rings. The van der Waals surface area contributed by atoms with Gasteiger partial charge in [0, 0.05) is 19.2 Å². The van der Waals surface area contributed by atoms with Gasteiger partial charge in [-0.25, -0.2) is 4.98 Å². The number of benzene rings is 2. The van der Waals surface area contributed by atoms with E-state index in [4.69, 9.17) is 13.9 Å².